The summed E-state index contributed by atoms with van der Waals surface area (Å²) in [7, 11) is 0. The zero-order valence-corrected chi connectivity index (χ0v) is 22.4. The Labute approximate surface area is 219 Å². The van der Waals surface area contributed by atoms with Crippen molar-refractivity contribution in [3.8, 4) is 5.75 Å². The van der Waals surface area contributed by atoms with Gasteiger partial charge in [-0.05, 0) is 75.1 Å². The molecule has 0 saturated carbocycles. The molecule has 0 saturated heterocycles. The van der Waals surface area contributed by atoms with Gasteiger partial charge >= 0.3 is 0 Å². The smallest absolute Gasteiger partial charge is 0.261 e. The third-order valence-corrected chi connectivity index (χ3v) is 6.19. The molecular weight excluding hydrogens is 472 g/mol. The molecule has 3 aromatic carbocycles. The first-order valence-electron chi connectivity index (χ1n) is 12.1. The van der Waals surface area contributed by atoms with E-state index in [4.69, 9.17) is 16.3 Å². The van der Waals surface area contributed by atoms with Gasteiger partial charge in [-0.3, -0.25) is 9.59 Å². The van der Waals surface area contributed by atoms with Gasteiger partial charge in [-0.1, -0.05) is 66.2 Å². The van der Waals surface area contributed by atoms with Crippen molar-refractivity contribution in [3.63, 3.8) is 0 Å². The van der Waals surface area contributed by atoms with E-state index in [-0.39, 0.29) is 25.0 Å². The minimum atomic E-state index is -0.725. The molecule has 2 amide bonds. The number of benzene rings is 3. The largest absolute Gasteiger partial charge is 0.483 e. The average Bonchev–Trinajstić information content (AvgIpc) is 2.83. The molecular formula is C30H35ClN2O3. The van der Waals surface area contributed by atoms with Gasteiger partial charge in [0.15, 0.2) is 6.61 Å². The lowest BCUT2D eigenvalue weighted by Gasteiger charge is -2.33. The Morgan fingerprint density at radius 3 is 2.22 bits per heavy atom. The molecule has 1 N–H and O–H groups in total. The number of nitrogens with one attached hydrogen (secondary N) is 1. The van der Waals surface area contributed by atoms with E-state index in [1.807, 2.05) is 95.3 Å². The molecule has 0 aliphatic carbocycles. The third kappa shape index (κ3) is 7.85. The molecule has 0 heterocycles. The van der Waals surface area contributed by atoms with Crippen molar-refractivity contribution in [2.75, 3.05) is 6.61 Å². The Kier molecular flexibility index (Phi) is 9.16. The zero-order valence-electron chi connectivity index (χ0n) is 21.7. The Hall–Kier alpha value is -3.31. The van der Waals surface area contributed by atoms with Gasteiger partial charge in [0, 0.05) is 23.5 Å². The Morgan fingerprint density at radius 2 is 1.58 bits per heavy atom. The predicted octanol–water partition coefficient (Wildman–Crippen LogP) is 5.89. The second-order valence-electron chi connectivity index (χ2n) is 10.1. The number of amides is 2. The number of carbonyl (C=O) groups excluding carboxylic acids is 2. The van der Waals surface area contributed by atoms with Gasteiger partial charge in [0.1, 0.15) is 11.8 Å². The van der Waals surface area contributed by atoms with Crippen LogP contribution in [0.25, 0.3) is 0 Å². The fraction of sp³-hybridized carbons (Fsp3) is 0.333. The van der Waals surface area contributed by atoms with Crippen molar-refractivity contribution < 1.29 is 14.3 Å². The molecule has 190 valence electrons. The summed E-state index contributed by atoms with van der Waals surface area (Å²) < 4.78 is 5.95. The summed E-state index contributed by atoms with van der Waals surface area (Å²) in [5, 5.41) is 3.68. The lowest BCUT2D eigenvalue weighted by atomic mass is 10.0. The number of halogens is 1. The van der Waals surface area contributed by atoms with Gasteiger partial charge in [0.05, 0.1) is 0 Å². The van der Waals surface area contributed by atoms with E-state index in [0.29, 0.717) is 17.2 Å². The summed E-state index contributed by atoms with van der Waals surface area (Å²) in [6, 6.07) is 22.1. The van der Waals surface area contributed by atoms with E-state index in [2.05, 4.69) is 5.32 Å². The Balaban J connectivity index is 1.94. The standard InChI is InChI=1S/C30H35ClN2O3/c1-21-10-9-13-27(22(21)2)36-20-28(34)33(19-24-14-16-25(31)17-15-24)26(29(35)32-30(3,4)5)18-23-11-7-6-8-12-23/h6-17,26H,18-20H2,1-5H3,(H,32,35)/t26-/m0/s1. The van der Waals surface area contributed by atoms with Gasteiger partial charge in [-0.25, -0.2) is 0 Å². The highest BCUT2D eigenvalue weighted by Gasteiger charge is 2.32. The molecule has 3 rings (SSSR count). The minimum absolute atomic E-state index is 0.175. The third-order valence-electron chi connectivity index (χ3n) is 5.94. The van der Waals surface area contributed by atoms with Gasteiger partial charge < -0.3 is 15.0 Å². The van der Waals surface area contributed by atoms with Crippen molar-refractivity contribution in [2.24, 2.45) is 0 Å². The van der Waals surface area contributed by atoms with E-state index in [9.17, 15) is 9.59 Å². The number of hydrogen-bond acceptors (Lipinski definition) is 3. The maximum atomic E-state index is 13.7. The van der Waals surface area contributed by atoms with Crippen LogP contribution in [0.1, 0.15) is 43.0 Å². The quantitative estimate of drug-likeness (QED) is 0.393. The maximum absolute atomic E-state index is 13.7. The number of nitrogens with zero attached hydrogens (tertiary/aromatic N) is 1. The SMILES string of the molecule is Cc1cccc(OCC(=O)N(Cc2ccc(Cl)cc2)[C@@H](Cc2ccccc2)C(=O)NC(C)(C)C)c1C. The molecule has 0 aliphatic heterocycles. The first kappa shape index (κ1) is 27.3. The van der Waals surface area contributed by atoms with Crippen LogP contribution in [-0.4, -0.2) is 34.9 Å². The highest BCUT2D eigenvalue weighted by Crippen LogP contribution is 2.22. The topological polar surface area (TPSA) is 58.6 Å². The van der Waals surface area contributed by atoms with Crippen LogP contribution in [-0.2, 0) is 22.6 Å². The normalized spacial score (nSPS) is 12.1. The van der Waals surface area contributed by atoms with Crippen LogP contribution in [0.2, 0.25) is 5.02 Å². The van der Waals surface area contributed by atoms with Crippen LogP contribution in [0.5, 0.6) is 5.75 Å². The van der Waals surface area contributed by atoms with Crippen molar-refractivity contribution in [1.82, 2.24) is 10.2 Å². The highest BCUT2D eigenvalue weighted by atomic mass is 35.5. The minimum Gasteiger partial charge on any atom is -0.483 e. The van der Waals surface area contributed by atoms with Gasteiger partial charge in [0.2, 0.25) is 5.91 Å². The first-order valence-corrected chi connectivity index (χ1v) is 12.5. The fourth-order valence-corrected chi connectivity index (χ4v) is 4.02. The van der Waals surface area contributed by atoms with Crippen LogP contribution in [0.15, 0.2) is 72.8 Å². The number of rotatable bonds is 9. The first-order chi connectivity index (χ1) is 17.0. The highest BCUT2D eigenvalue weighted by molar-refractivity contribution is 6.30. The summed E-state index contributed by atoms with van der Waals surface area (Å²) in [5.41, 5.74) is 3.47. The molecule has 6 heteroatoms. The number of hydrogen-bond donors (Lipinski definition) is 1. The van der Waals surface area contributed by atoms with E-state index in [1.165, 1.54) is 0 Å². The van der Waals surface area contributed by atoms with Crippen LogP contribution in [0.4, 0.5) is 0 Å². The predicted molar refractivity (Wildman–Crippen MR) is 145 cm³/mol. The second kappa shape index (κ2) is 12.1. The van der Waals surface area contributed by atoms with Gasteiger partial charge in [-0.2, -0.15) is 0 Å². The Morgan fingerprint density at radius 1 is 0.917 bits per heavy atom. The van der Waals surface area contributed by atoms with E-state index < -0.39 is 11.6 Å². The van der Waals surface area contributed by atoms with Crippen molar-refractivity contribution in [1.29, 1.82) is 0 Å². The molecule has 36 heavy (non-hydrogen) atoms. The number of carbonyl (C=O) groups is 2. The molecule has 0 radical (unpaired) electrons. The van der Waals surface area contributed by atoms with Crippen molar-refractivity contribution in [2.45, 2.75) is 59.2 Å². The molecule has 0 aromatic heterocycles. The molecule has 0 unspecified atom stereocenters. The van der Waals surface area contributed by atoms with Crippen LogP contribution in [0.3, 0.4) is 0 Å². The Bertz CT molecular complexity index is 1170. The lowest BCUT2D eigenvalue weighted by Crippen LogP contribution is -2.55. The lowest BCUT2D eigenvalue weighted by molar-refractivity contribution is -0.143. The van der Waals surface area contributed by atoms with Crippen LogP contribution >= 0.6 is 11.6 Å². The van der Waals surface area contributed by atoms with Crippen molar-refractivity contribution >= 4 is 23.4 Å². The number of aryl methyl sites for hydroxylation is 1. The second-order valence-corrected chi connectivity index (χ2v) is 10.5. The summed E-state index contributed by atoms with van der Waals surface area (Å²) in [5.74, 6) is 0.185. The van der Waals surface area contributed by atoms with E-state index in [0.717, 1.165) is 22.3 Å². The van der Waals surface area contributed by atoms with Gasteiger partial charge in [0.25, 0.3) is 5.91 Å². The zero-order chi connectivity index (χ0) is 26.3. The molecule has 3 aromatic rings. The maximum Gasteiger partial charge on any atom is 0.261 e. The van der Waals surface area contributed by atoms with E-state index >= 15 is 0 Å². The molecule has 0 spiro atoms. The van der Waals surface area contributed by atoms with Gasteiger partial charge in [-0.15, -0.1) is 0 Å². The molecule has 0 aliphatic rings. The van der Waals surface area contributed by atoms with Crippen LogP contribution in [0, 0.1) is 13.8 Å². The summed E-state index contributed by atoms with van der Waals surface area (Å²) in [6.45, 7) is 9.84. The molecule has 0 bridgehead atoms. The molecule has 1 atom stereocenters. The van der Waals surface area contributed by atoms with Crippen molar-refractivity contribution in [3.05, 3.63) is 100 Å². The summed E-state index contributed by atoms with van der Waals surface area (Å²) >= 11 is 6.08. The van der Waals surface area contributed by atoms with E-state index in [1.54, 1.807) is 17.0 Å². The molecule has 5 nitrogen and oxygen atoms in total. The average molecular weight is 507 g/mol. The molecule has 0 fully saturated rings. The fourth-order valence-electron chi connectivity index (χ4n) is 3.90. The van der Waals surface area contributed by atoms with Crippen LogP contribution < -0.4 is 10.1 Å². The number of ether oxygens (including phenoxy) is 1. The summed E-state index contributed by atoms with van der Waals surface area (Å²) in [4.78, 5) is 28.9. The monoisotopic (exact) mass is 506 g/mol. The summed E-state index contributed by atoms with van der Waals surface area (Å²) in [6.07, 6.45) is 0.381.